The zero-order valence-electron chi connectivity index (χ0n) is 40.6. The van der Waals surface area contributed by atoms with E-state index in [0.29, 0.717) is 63.4 Å². The van der Waals surface area contributed by atoms with Gasteiger partial charge < -0.3 is 43.9 Å². The van der Waals surface area contributed by atoms with Gasteiger partial charge in [-0.05, 0) is 107 Å². The van der Waals surface area contributed by atoms with Crippen molar-refractivity contribution in [1.82, 2.24) is 4.90 Å². The molecule has 366 valence electrons. The summed E-state index contributed by atoms with van der Waals surface area (Å²) in [5.41, 5.74) is 1.27. The standard InChI is InChI=1S/C51H79NO13/c1-30-16-12-11-13-17-31(2)42(61-8)28-38-21-19-36(7)51(60,65-38)48(57)49(58)52-23-15-14-18-39(52)50(59)64-43(33(4)26-37-20-22-40(53)44(27-37)62-9)29-41(54)32(3)25-35(6)46(56)47(63-10)45(55)34(5)24-30/h11-13,16-17,25,30,32-34,36-40,42-44,46-47,53,56,60H,14-15,18-24,26-29H2,1-10H3/b13-11+,16-12+,31-17?,35-25?. The topological polar surface area (TPSA) is 195 Å². The molecule has 0 radical (unpaired) electrons. The monoisotopic (exact) mass is 914 g/mol. The number of hydrogen-bond acceptors (Lipinski definition) is 13. The van der Waals surface area contributed by atoms with Crippen molar-refractivity contribution in [3.63, 3.8) is 0 Å². The van der Waals surface area contributed by atoms with Crippen LogP contribution in [-0.2, 0) is 47.7 Å². The second-order valence-corrected chi connectivity index (χ2v) is 19.6. The van der Waals surface area contributed by atoms with Gasteiger partial charge >= 0.3 is 5.97 Å². The van der Waals surface area contributed by atoms with E-state index < -0.39 is 83.9 Å². The minimum absolute atomic E-state index is 0.0193. The minimum Gasteiger partial charge on any atom is -0.460 e. The Bertz CT molecular complexity index is 1760. The molecule has 0 spiro atoms. The van der Waals surface area contributed by atoms with E-state index >= 15 is 0 Å². The fourth-order valence-corrected chi connectivity index (χ4v) is 10.1. The van der Waals surface area contributed by atoms with Crippen LogP contribution in [0.4, 0.5) is 0 Å². The van der Waals surface area contributed by atoms with Crippen LogP contribution in [0, 0.1) is 35.5 Å². The zero-order valence-corrected chi connectivity index (χ0v) is 40.6. The lowest BCUT2D eigenvalue weighted by Gasteiger charge is -2.42. The Balaban J connectivity index is 1.70. The quantitative estimate of drug-likeness (QED) is 0.156. The highest BCUT2D eigenvalue weighted by Gasteiger charge is 2.53. The number of cyclic esters (lactones) is 1. The zero-order chi connectivity index (χ0) is 48.2. The van der Waals surface area contributed by atoms with E-state index in [1.54, 1.807) is 41.1 Å². The number of carbonyl (C=O) groups excluding carboxylic acids is 5. The van der Waals surface area contributed by atoms with Crippen molar-refractivity contribution < 1.29 is 63.0 Å². The second-order valence-electron chi connectivity index (χ2n) is 19.6. The van der Waals surface area contributed by atoms with Crippen molar-refractivity contribution in [2.24, 2.45) is 35.5 Å². The first-order valence-corrected chi connectivity index (χ1v) is 23.9. The van der Waals surface area contributed by atoms with Crippen LogP contribution in [-0.4, -0.2) is 132 Å². The SMILES string of the molecule is COC1CC2CCC(C)C(O)(O2)C(=O)C(=O)N2CCCCC2C(=O)OC(C(C)CC2CCC(O)C(OC)C2)CC(=O)C(C)C=C(C)C(O)C(OC)C(=O)C(C)CC(C)/C=C/C=C/C=C1C. The molecule has 15 atom stereocenters. The summed E-state index contributed by atoms with van der Waals surface area (Å²) in [6.45, 7) is 12.7. The molecule has 1 aliphatic carbocycles. The van der Waals surface area contributed by atoms with Crippen LogP contribution in [0.5, 0.6) is 0 Å². The number of piperidine rings is 1. The Morgan fingerprint density at radius 2 is 1.57 bits per heavy atom. The van der Waals surface area contributed by atoms with E-state index in [4.69, 9.17) is 23.7 Å². The number of methoxy groups -OCH3 is 3. The molecule has 0 aromatic heterocycles. The molecular weight excluding hydrogens is 835 g/mol. The van der Waals surface area contributed by atoms with Crippen LogP contribution in [0.3, 0.4) is 0 Å². The van der Waals surface area contributed by atoms with Crippen LogP contribution in [0.1, 0.15) is 126 Å². The van der Waals surface area contributed by atoms with E-state index in [1.807, 2.05) is 58.1 Å². The van der Waals surface area contributed by atoms with Gasteiger partial charge in [-0.2, -0.15) is 0 Å². The number of aliphatic hydroxyl groups is 3. The summed E-state index contributed by atoms with van der Waals surface area (Å²) in [6, 6.07) is -1.14. The number of rotatable bonds is 6. The average molecular weight is 914 g/mol. The van der Waals surface area contributed by atoms with Crippen LogP contribution >= 0.6 is 0 Å². The molecule has 3 fully saturated rings. The smallest absolute Gasteiger partial charge is 0.329 e. The van der Waals surface area contributed by atoms with Crippen molar-refractivity contribution >= 4 is 29.2 Å². The summed E-state index contributed by atoms with van der Waals surface area (Å²) < 4.78 is 29.4. The van der Waals surface area contributed by atoms with Gasteiger partial charge in [-0.25, -0.2) is 4.79 Å². The Hall–Kier alpha value is -3.37. The van der Waals surface area contributed by atoms with Crippen molar-refractivity contribution in [2.75, 3.05) is 27.9 Å². The molecule has 0 aromatic carbocycles. The van der Waals surface area contributed by atoms with Gasteiger partial charge in [0.25, 0.3) is 11.7 Å². The summed E-state index contributed by atoms with van der Waals surface area (Å²) in [5.74, 6) is -7.96. The van der Waals surface area contributed by atoms with Gasteiger partial charge in [0, 0.05) is 58.5 Å². The molecule has 3 aliphatic heterocycles. The fraction of sp³-hybridized carbons (Fsp3) is 0.745. The molecule has 2 bridgehead atoms. The van der Waals surface area contributed by atoms with E-state index in [1.165, 1.54) is 12.0 Å². The summed E-state index contributed by atoms with van der Waals surface area (Å²) in [4.78, 5) is 71.8. The molecule has 0 aromatic rings. The van der Waals surface area contributed by atoms with Crippen molar-refractivity contribution in [3.8, 4) is 0 Å². The van der Waals surface area contributed by atoms with Gasteiger partial charge in [0.1, 0.15) is 30.1 Å². The molecule has 1 saturated carbocycles. The first-order valence-electron chi connectivity index (χ1n) is 23.9. The van der Waals surface area contributed by atoms with Crippen LogP contribution in [0.2, 0.25) is 0 Å². The summed E-state index contributed by atoms with van der Waals surface area (Å²) in [7, 11) is 4.52. The van der Waals surface area contributed by atoms with Gasteiger partial charge in [0.15, 0.2) is 5.78 Å². The maximum atomic E-state index is 14.4. The maximum Gasteiger partial charge on any atom is 0.329 e. The van der Waals surface area contributed by atoms with Gasteiger partial charge in [0.2, 0.25) is 5.79 Å². The first kappa shape index (κ1) is 54.2. The molecule has 14 heteroatoms. The van der Waals surface area contributed by atoms with E-state index in [9.17, 15) is 39.3 Å². The molecular formula is C51H79NO13. The number of amides is 1. The highest BCUT2D eigenvalue weighted by Crippen LogP contribution is 2.38. The Morgan fingerprint density at radius 3 is 2.25 bits per heavy atom. The third-order valence-electron chi connectivity index (χ3n) is 14.5. The van der Waals surface area contributed by atoms with Gasteiger partial charge in [-0.15, -0.1) is 0 Å². The van der Waals surface area contributed by atoms with Crippen molar-refractivity contribution in [1.29, 1.82) is 0 Å². The number of aliphatic hydroxyl groups excluding tert-OH is 2. The molecule has 65 heavy (non-hydrogen) atoms. The van der Waals surface area contributed by atoms with Crippen LogP contribution in [0.25, 0.3) is 0 Å². The largest absolute Gasteiger partial charge is 0.460 e. The molecule has 2 saturated heterocycles. The van der Waals surface area contributed by atoms with Gasteiger partial charge in [0.05, 0.1) is 24.4 Å². The molecule has 4 aliphatic rings. The minimum atomic E-state index is -2.43. The molecule has 1 amide bonds. The second kappa shape index (κ2) is 25.1. The van der Waals surface area contributed by atoms with E-state index in [2.05, 4.69) is 0 Å². The highest BCUT2D eigenvalue weighted by molar-refractivity contribution is 6.39. The molecule has 4 rings (SSSR count). The first-order chi connectivity index (χ1) is 30.7. The van der Waals surface area contributed by atoms with Crippen LogP contribution in [0.15, 0.2) is 47.6 Å². The number of esters is 1. The molecule has 14 nitrogen and oxygen atoms in total. The number of ketones is 3. The van der Waals surface area contributed by atoms with Crippen molar-refractivity contribution in [3.05, 3.63) is 47.6 Å². The Kier molecular flexibility index (Phi) is 21.0. The number of hydrogen-bond donors (Lipinski definition) is 3. The van der Waals surface area contributed by atoms with Gasteiger partial charge in [-0.3, -0.25) is 19.2 Å². The number of nitrogens with zero attached hydrogens (tertiary/aromatic N) is 1. The molecule has 15 unspecified atom stereocenters. The van der Waals surface area contributed by atoms with Crippen LogP contribution < -0.4 is 0 Å². The summed E-state index contributed by atoms with van der Waals surface area (Å²) in [6.07, 6.45) is 11.2. The third-order valence-corrected chi connectivity index (χ3v) is 14.5. The number of ether oxygens (including phenoxy) is 5. The number of Topliss-reactive ketones (excluding diaryl/α,β-unsaturated/α-hetero) is 3. The number of carbonyl (C=O) groups is 5. The lowest BCUT2D eigenvalue weighted by molar-refractivity contribution is -0.265. The summed E-state index contributed by atoms with van der Waals surface area (Å²) >= 11 is 0. The van der Waals surface area contributed by atoms with Crippen molar-refractivity contribution in [2.45, 2.75) is 180 Å². The third kappa shape index (κ3) is 14.3. The van der Waals surface area contributed by atoms with E-state index in [-0.39, 0.29) is 54.8 Å². The van der Waals surface area contributed by atoms with Gasteiger partial charge in [-0.1, -0.05) is 71.1 Å². The fourth-order valence-electron chi connectivity index (χ4n) is 10.1. The normalized spacial score (nSPS) is 38.8. The predicted octanol–water partition coefficient (Wildman–Crippen LogP) is 6.18. The lowest BCUT2D eigenvalue weighted by atomic mass is 9.78. The summed E-state index contributed by atoms with van der Waals surface area (Å²) in [5, 5.41) is 33.8. The molecule has 3 N–H and O–H groups in total. The lowest BCUT2D eigenvalue weighted by Crippen LogP contribution is -2.61. The number of fused-ring (bicyclic) bond motifs is 3. The van der Waals surface area contributed by atoms with E-state index in [0.717, 1.165) is 12.0 Å². The highest BCUT2D eigenvalue weighted by atomic mass is 16.6. The maximum absolute atomic E-state index is 14.4. The Morgan fingerprint density at radius 1 is 0.846 bits per heavy atom. The predicted molar refractivity (Wildman–Crippen MR) is 245 cm³/mol. The average Bonchev–Trinajstić information content (AvgIpc) is 3.28. The molecule has 3 heterocycles. The Labute approximate surface area is 387 Å². The number of allylic oxidation sites excluding steroid dienone is 6.